The van der Waals surface area contributed by atoms with Gasteiger partial charge in [0.25, 0.3) is 0 Å². The van der Waals surface area contributed by atoms with Crippen molar-refractivity contribution in [3.05, 3.63) is 99.9 Å². The molecule has 0 heterocycles. The molecule has 4 aromatic carbocycles. The van der Waals surface area contributed by atoms with Crippen LogP contribution in [0.4, 0.5) is 17.1 Å². The average Bonchev–Trinajstić information content (AvgIpc) is 2.83. The fourth-order valence-electron chi connectivity index (χ4n) is 3.67. The van der Waals surface area contributed by atoms with E-state index in [0.717, 1.165) is 11.1 Å². The van der Waals surface area contributed by atoms with Crippen LogP contribution in [0.25, 0.3) is 10.8 Å². The molecule has 1 amide bonds. The number of nitrogens with one attached hydrogen (secondary N) is 2. The second-order valence-corrected chi connectivity index (χ2v) is 8.18. The van der Waals surface area contributed by atoms with Crippen molar-refractivity contribution in [1.29, 1.82) is 0 Å². The van der Waals surface area contributed by atoms with Crippen LogP contribution in [0, 0.1) is 11.8 Å². The molecule has 0 saturated carbocycles. The highest BCUT2D eigenvalue weighted by Gasteiger charge is 2.22. The lowest BCUT2D eigenvalue weighted by Gasteiger charge is -2.21. The SMILES string of the molecule is Cc1ccc(NC(=O)C(Cc2ccccc2)Nc2cc(N=O)c3ccccc3c2O)cc1Cl. The molecule has 166 valence electrons. The first-order valence-corrected chi connectivity index (χ1v) is 10.8. The standard InChI is InChI=1S/C26H22ClN3O3/c1-16-11-12-18(14-21(16)27)28-26(32)24(13-17-7-3-2-4-8-17)29-23-15-22(30-33)19-9-5-6-10-20(19)25(23)31/h2-12,14-15,24,29,31H,13H2,1H3,(H,28,32). The molecule has 6 nitrogen and oxygen atoms in total. The quantitative estimate of drug-likeness (QED) is 0.215. The van der Waals surface area contributed by atoms with E-state index in [1.165, 1.54) is 6.07 Å². The molecule has 0 radical (unpaired) electrons. The summed E-state index contributed by atoms with van der Waals surface area (Å²) in [4.78, 5) is 24.7. The summed E-state index contributed by atoms with van der Waals surface area (Å²) in [6.45, 7) is 1.88. The van der Waals surface area contributed by atoms with Crippen LogP contribution in [0.1, 0.15) is 11.1 Å². The number of nitroso groups, excluding NO2 is 1. The summed E-state index contributed by atoms with van der Waals surface area (Å²) < 4.78 is 0. The second-order valence-electron chi connectivity index (χ2n) is 7.77. The van der Waals surface area contributed by atoms with Crippen molar-refractivity contribution in [1.82, 2.24) is 0 Å². The molecule has 0 fully saturated rings. The van der Waals surface area contributed by atoms with E-state index >= 15 is 0 Å². The minimum absolute atomic E-state index is 0.0535. The molecule has 0 saturated heterocycles. The molecule has 3 N–H and O–H groups in total. The van der Waals surface area contributed by atoms with Gasteiger partial charge in [-0.2, -0.15) is 0 Å². The minimum atomic E-state index is -0.751. The number of benzene rings is 4. The van der Waals surface area contributed by atoms with E-state index in [2.05, 4.69) is 15.8 Å². The Morgan fingerprint density at radius 1 is 1.00 bits per heavy atom. The first kappa shape index (κ1) is 22.3. The van der Waals surface area contributed by atoms with Crippen molar-refractivity contribution in [3.8, 4) is 5.75 Å². The van der Waals surface area contributed by atoms with Crippen molar-refractivity contribution in [2.75, 3.05) is 10.6 Å². The van der Waals surface area contributed by atoms with Crippen molar-refractivity contribution in [2.24, 2.45) is 5.18 Å². The molecule has 1 unspecified atom stereocenters. The van der Waals surface area contributed by atoms with E-state index in [-0.39, 0.29) is 23.0 Å². The Balaban J connectivity index is 1.69. The van der Waals surface area contributed by atoms with Crippen LogP contribution in [0.15, 0.2) is 84.0 Å². The highest BCUT2D eigenvalue weighted by molar-refractivity contribution is 6.31. The van der Waals surface area contributed by atoms with Gasteiger partial charge in [-0.25, -0.2) is 0 Å². The summed E-state index contributed by atoms with van der Waals surface area (Å²) in [5, 5.41) is 21.5. The van der Waals surface area contributed by atoms with Gasteiger partial charge < -0.3 is 15.7 Å². The van der Waals surface area contributed by atoms with Crippen LogP contribution in [0.3, 0.4) is 0 Å². The fourth-order valence-corrected chi connectivity index (χ4v) is 3.85. The third-order valence-electron chi connectivity index (χ3n) is 5.46. The van der Waals surface area contributed by atoms with Gasteiger partial charge in [0.15, 0.2) is 0 Å². The Kier molecular flexibility index (Phi) is 6.56. The molecule has 33 heavy (non-hydrogen) atoms. The van der Waals surface area contributed by atoms with Crippen molar-refractivity contribution < 1.29 is 9.90 Å². The van der Waals surface area contributed by atoms with Gasteiger partial charge in [0.1, 0.15) is 17.5 Å². The average molecular weight is 460 g/mol. The molecule has 7 heteroatoms. The zero-order chi connectivity index (χ0) is 23.4. The van der Waals surface area contributed by atoms with E-state index in [9.17, 15) is 14.8 Å². The lowest BCUT2D eigenvalue weighted by atomic mass is 10.0. The molecule has 0 aromatic heterocycles. The van der Waals surface area contributed by atoms with Gasteiger partial charge in [-0.1, -0.05) is 72.3 Å². The van der Waals surface area contributed by atoms with Crippen LogP contribution in [-0.4, -0.2) is 17.1 Å². The summed E-state index contributed by atoms with van der Waals surface area (Å²) in [5.74, 6) is -0.366. The van der Waals surface area contributed by atoms with Crippen LogP contribution in [0.2, 0.25) is 5.02 Å². The van der Waals surface area contributed by atoms with Crippen LogP contribution < -0.4 is 10.6 Å². The number of rotatable bonds is 7. The normalized spacial score (nSPS) is 11.7. The summed E-state index contributed by atoms with van der Waals surface area (Å²) in [6, 6.07) is 22.5. The number of amides is 1. The van der Waals surface area contributed by atoms with E-state index in [0.29, 0.717) is 27.9 Å². The number of hydrogen-bond acceptors (Lipinski definition) is 5. The Labute approximate surface area is 196 Å². The van der Waals surface area contributed by atoms with Gasteiger partial charge >= 0.3 is 0 Å². The molecule has 4 aromatic rings. The summed E-state index contributed by atoms with van der Waals surface area (Å²) in [5.41, 5.74) is 2.83. The Morgan fingerprint density at radius 2 is 1.70 bits per heavy atom. The fraction of sp³-hybridized carbons (Fsp3) is 0.115. The van der Waals surface area contributed by atoms with Gasteiger partial charge in [-0.15, -0.1) is 4.91 Å². The summed E-state index contributed by atoms with van der Waals surface area (Å²) in [6.07, 6.45) is 0.350. The third kappa shape index (κ3) is 4.96. The predicted molar refractivity (Wildman–Crippen MR) is 133 cm³/mol. The molecule has 0 bridgehead atoms. The molecular weight excluding hydrogens is 438 g/mol. The topological polar surface area (TPSA) is 90.8 Å². The molecule has 0 spiro atoms. The number of carbonyl (C=O) groups is 1. The second kappa shape index (κ2) is 9.71. The number of aryl methyl sites for hydroxylation is 1. The Morgan fingerprint density at radius 3 is 2.39 bits per heavy atom. The number of aromatic hydroxyl groups is 1. The highest BCUT2D eigenvalue weighted by Crippen LogP contribution is 2.39. The van der Waals surface area contributed by atoms with E-state index in [4.69, 9.17) is 11.6 Å². The maximum Gasteiger partial charge on any atom is 0.247 e. The first-order chi connectivity index (χ1) is 16.0. The monoisotopic (exact) mass is 459 g/mol. The van der Waals surface area contributed by atoms with Gasteiger partial charge in [0, 0.05) is 27.9 Å². The minimum Gasteiger partial charge on any atom is -0.505 e. The number of hydrogen-bond donors (Lipinski definition) is 3. The van der Waals surface area contributed by atoms with Gasteiger partial charge in [-0.3, -0.25) is 4.79 Å². The van der Waals surface area contributed by atoms with Crippen molar-refractivity contribution >= 4 is 45.3 Å². The van der Waals surface area contributed by atoms with Crippen molar-refractivity contribution in [2.45, 2.75) is 19.4 Å². The molecule has 1 atom stereocenters. The van der Waals surface area contributed by atoms with Crippen LogP contribution in [0.5, 0.6) is 5.75 Å². The highest BCUT2D eigenvalue weighted by atomic mass is 35.5. The number of phenols is 1. The number of carbonyl (C=O) groups excluding carboxylic acids is 1. The Hall–Kier alpha value is -3.90. The van der Waals surface area contributed by atoms with Gasteiger partial charge in [0.2, 0.25) is 5.91 Å². The smallest absolute Gasteiger partial charge is 0.247 e. The molecule has 0 aliphatic heterocycles. The lowest BCUT2D eigenvalue weighted by molar-refractivity contribution is -0.116. The van der Waals surface area contributed by atoms with Crippen molar-refractivity contribution in [3.63, 3.8) is 0 Å². The first-order valence-electron chi connectivity index (χ1n) is 10.4. The number of anilines is 2. The zero-order valence-corrected chi connectivity index (χ0v) is 18.6. The molecule has 0 aliphatic rings. The van der Waals surface area contributed by atoms with Crippen LogP contribution in [-0.2, 0) is 11.2 Å². The third-order valence-corrected chi connectivity index (χ3v) is 5.87. The molecule has 4 rings (SSSR count). The van der Waals surface area contributed by atoms with E-state index in [1.807, 2.05) is 43.3 Å². The van der Waals surface area contributed by atoms with Gasteiger partial charge in [0.05, 0.1) is 5.69 Å². The maximum absolute atomic E-state index is 13.3. The molecular formula is C26H22ClN3O3. The lowest BCUT2D eigenvalue weighted by Crippen LogP contribution is -2.36. The summed E-state index contributed by atoms with van der Waals surface area (Å²) in [7, 11) is 0. The zero-order valence-electron chi connectivity index (χ0n) is 17.9. The molecule has 0 aliphatic carbocycles. The number of phenolic OH excluding ortho intramolecular Hbond substituents is 1. The largest absolute Gasteiger partial charge is 0.505 e. The summed E-state index contributed by atoms with van der Waals surface area (Å²) >= 11 is 6.21. The number of nitrogens with zero attached hydrogens (tertiary/aromatic N) is 1. The number of fused-ring (bicyclic) bond motifs is 1. The Bertz CT molecular complexity index is 1330. The number of halogens is 1. The maximum atomic E-state index is 13.3. The van der Waals surface area contributed by atoms with E-state index in [1.54, 1.807) is 36.4 Å². The predicted octanol–water partition coefficient (Wildman–Crippen LogP) is 6.57. The van der Waals surface area contributed by atoms with E-state index < -0.39 is 6.04 Å². The van der Waals surface area contributed by atoms with Gasteiger partial charge in [-0.05, 0) is 41.4 Å². The van der Waals surface area contributed by atoms with Crippen LogP contribution >= 0.6 is 11.6 Å².